The molecule has 3 aromatic rings. The summed E-state index contributed by atoms with van der Waals surface area (Å²) in [6.45, 7) is 6.26. The Morgan fingerprint density at radius 2 is 2.07 bits per heavy atom. The second-order valence-corrected chi connectivity index (χ2v) is 12.3. The van der Waals surface area contributed by atoms with Gasteiger partial charge < -0.3 is 24.2 Å². The van der Waals surface area contributed by atoms with E-state index in [1.54, 1.807) is 17.8 Å². The van der Waals surface area contributed by atoms with Gasteiger partial charge >= 0.3 is 0 Å². The molecule has 6 atom stereocenters. The number of hydrogen-bond donors (Lipinski definition) is 1. The van der Waals surface area contributed by atoms with Gasteiger partial charge in [0, 0.05) is 75.2 Å². The van der Waals surface area contributed by atoms with Crippen LogP contribution in [-0.2, 0) is 9.47 Å². The van der Waals surface area contributed by atoms with Crippen molar-refractivity contribution in [1.29, 1.82) is 5.26 Å². The maximum absolute atomic E-state index is 10.3. The third-order valence-corrected chi connectivity index (χ3v) is 9.88. The second kappa shape index (κ2) is 9.64. The Hall–Kier alpha value is -3.27. The normalized spacial score (nSPS) is 32.6. The number of piperidine rings is 2. The van der Waals surface area contributed by atoms with Crippen molar-refractivity contribution in [3.05, 3.63) is 42.4 Å². The zero-order valence-electron chi connectivity index (χ0n) is 23.2. The molecule has 1 aliphatic carbocycles. The molecule has 6 unspecified atom stereocenters. The van der Waals surface area contributed by atoms with Crippen LogP contribution in [0, 0.1) is 17.2 Å². The van der Waals surface area contributed by atoms with E-state index in [0.29, 0.717) is 48.6 Å². The van der Waals surface area contributed by atoms with E-state index in [-0.39, 0.29) is 6.10 Å². The molecule has 11 heteroatoms. The number of hydrogen-bond acceptors (Lipinski definition) is 10. The van der Waals surface area contributed by atoms with Gasteiger partial charge in [0.1, 0.15) is 24.2 Å². The molecule has 0 amide bonds. The van der Waals surface area contributed by atoms with Crippen LogP contribution in [0.3, 0.4) is 0 Å². The number of rotatable bonds is 8. The number of nitrogens with zero attached hydrogens (tertiary/aromatic N) is 7. The number of likely N-dealkylation sites (tertiary alicyclic amines) is 1. The third-order valence-electron chi connectivity index (χ3n) is 9.88. The Kier molecular flexibility index (Phi) is 5.98. The molecule has 214 valence electrons. The van der Waals surface area contributed by atoms with Crippen LogP contribution in [0.2, 0.25) is 0 Å². The number of fused-ring (bicyclic) bond motifs is 4. The summed E-state index contributed by atoms with van der Waals surface area (Å²) in [5.74, 6) is 2.08. The van der Waals surface area contributed by atoms with E-state index >= 15 is 0 Å². The average molecular weight is 558 g/mol. The zero-order chi connectivity index (χ0) is 27.7. The smallest absolute Gasteiger partial charge is 0.138 e. The summed E-state index contributed by atoms with van der Waals surface area (Å²) in [5, 5.41) is 24.5. The minimum absolute atomic E-state index is 0.154. The first-order valence-electron chi connectivity index (χ1n) is 14.6. The first-order chi connectivity index (χ1) is 20.0. The predicted molar refractivity (Wildman–Crippen MR) is 150 cm³/mol. The van der Waals surface area contributed by atoms with Gasteiger partial charge in [0.2, 0.25) is 0 Å². The van der Waals surface area contributed by atoms with Gasteiger partial charge in [-0.3, -0.25) is 9.80 Å². The van der Waals surface area contributed by atoms with Gasteiger partial charge in [-0.2, -0.15) is 10.4 Å². The Morgan fingerprint density at radius 1 is 1.20 bits per heavy atom. The highest BCUT2D eigenvalue weighted by Crippen LogP contribution is 2.49. The van der Waals surface area contributed by atoms with Crippen LogP contribution in [-0.4, -0.2) is 119 Å². The van der Waals surface area contributed by atoms with Crippen molar-refractivity contribution < 1.29 is 19.3 Å². The van der Waals surface area contributed by atoms with Crippen LogP contribution >= 0.6 is 0 Å². The molecule has 9 rings (SSSR count). The monoisotopic (exact) mass is 557 g/mol. The first kappa shape index (κ1) is 25.4. The fourth-order valence-corrected chi connectivity index (χ4v) is 7.63. The molecule has 0 aromatic carbocycles. The molecule has 0 radical (unpaired) electrons. The standard InChI is InChI=1S/C30H35N7O4/c1-39-27-17-40-16-26(27)37-22-6-23(37)14-35(13-22)28-3-2-19(10-32-28)25-7-24(15-36-29(25)20(9-31)11-33-36)41-5-4-34-12-21-8-30(21,38)18-34/h2-3,7,10-11,15,21-23,26-27,38H,4-6,8,12-14,16-18H2,1H3. The number of ether oxygens (including phenoxy) is 3. The highest BCUT2D eigenvalue weighted by molar-refractivity contribution is 5.85. The summed E-state index contributed by atoms with van der Waals surface area (Å²) in [5.41, 5.74) is 2.59. The van der Waals surface area contributed by atoms with Crippen LogP contribution in [0.15, 0.2) is 36.8 Å². The quantitative estimate of drug-likeness (QED) is 0.436. The molecule has 5 saturated heterocycles. The molecule has 6 aliphatic rings. The summed E-state index contributed by atoms with van der Waals surface area (Å²) in [7, 11) is 1.78. The molecule has 8 heterocycles. The lowest BCUT2D eigenvalue weighted by atomic mass is 9.84. The van der Waals surface area contributed by atoms with Crippen LogP contribution in [0.4, 0.5) is 5.82 Å². The number of β-amino-alcohol motifs (C(OH)–C–C–N with tert-alkyl or cyclic N) is 1. The van der Waals surface area contributed by atoms with Crippen molar-refractivity contribution in [3.63, 3.8) is 0 Å². The maximum atomic E-state index is 10.3. The molecule has 1 saturated carbocycles. The summed E-state index contributed by atoms with van der Waals surface area (Å²) in [6.07, 6.45) is 7.61. The van der Waals surface area contributed by atoms with Crippen LogP contribution in [0.25, 0.3) is 16.6 Å². The van der Waals surface area contributed by atoms with E-state index in [1.165, 1.54) is 6.42 Å². The number of aromatic nitrogens is 3. The molecule has 3 aromatic heterocycles. The van der Waals surface area contributed by atoms with Gasteiger partial charge in [-0.25, -0.2) is 9.50 Å². The number of pyridine rings is 2. The Morgan fingerprint density at radius 3 is 2.80 bits per heavy atom. The first-order valence-corrected chi connectivity index (χ1v) is 14.6. The van der Waals surface area contributed by atoms with Crippen molar-refractivity contribution in [1.82, 2.24) is 24.4 Å². The number of aliphatic hydroxyl groups is 1. The molecule has 5 aliphatic heterocycles. The fraction of sp³-hybridized carbons (Fsp3) is 0.567. The predicted octanol–water partition coefficient (Wildman–Crippen LogP) is 1.39. The Balaban J connectivity index is 0.984. The zero-order valence-corrected chi connectivity index (χ0v) is 23.2. The fourth-order valence-electron chi connectivity index (χ4n) is 7.63. The third kappa shape index (κ3) is 4.28. The minimum Gasteiger partial charge on any atom is -0.491 e. The van der Waals surface area contributed by atoms with Crippen LogP contribution in [0.5, 0.6) is 5.75 Å². The van der Waals surface area contributed by atoms with Crippen molar-refractivity contribution in [2.75, 3.05) is 64.6 Å². The van der Waals surface area contributed by atoms with E-state index < -0.39 is 5.60 Å². The van der Waals surface area contributed by atoms with Gasteiger partial charge in [0.15, 0.2) is 0 Å². The van der Waals surface area contributed by atoms with E-state index in [4.69, 9.17) is 19.2 Å². The van der Waals surface area contributed by atoms with Gasteiger partial charge in [0.25, 0.3) is 0 Å². The minimum atomic E-state index is -0.458. The molecule has 1 N–H and O–H groups in total. The number of methoxy groups -OCH3 is 1. The molecule has 11 nitrogen and oxygen atoms in total. The number of anilines is 1. The van der Waals surface area contributed by atoms with E-state index in [0.717, 1.165) is 68.2 Å². The Labute approximate surface area is 238 Å². The molecule has 6 fully saturated rings. The van der Waals surface area contributed by atoms with Crippen molar-refractivity contribution in [2.45, 2.75) is 42.7 Å². The van der Waals surface area contributed by atoms with Crippen molar-refractivity contribution >= 4 is 11.3 Å². The van der Waals surface area contributed by atoms with Crippen LogP contribution in [0.1, 0.15) is 18.4 Å². The highest BCUT2D eigenvalue weighted by atomic mass is 16.5. The SMILES string of the molecule is COC1COCC1N1C2CC1CN(c1ccc(-c3cc(OCCN4CC5CC5(O)C4)cn4ncc(C#N)c34)cn1)C2. The van der Waals surface area contributed by atoms with E-state index in [1.807, 2.05) is 18.5 Å². The number of nitriles is 1. The average Bonchev–Trinajstić information content (AvgIpc) is 3.37. The van der Waals surface area contributed by atoms with Crippen molar-refractivity contribution in [2.24, 2.45) is 5.92 Å². The Bertz CT molecular complexity index is 1490. The number of piperazine rings is 1. The van der Waals surface area contributed by atoms with Crippen molar-refractivity contribution in [3.8, 4) is 22.9 Å². The van der Waals surface area contributed by atoms with Crippen LogP contribution < -0.4 is 9.64 Å². The summed E-state index contributed by atoms with van der Waals surface area (Å²) in [6, 6.07) is 9.74. The van der Waals surface area contributed by atoms with Gasteiger partial charge in [0.05, 0.1) is 54.4 Å². The lowest BCUT2D eigenvalue weighted by Gasteiger charge is -2.59. The lowest BCUT2D eigenvalue weighted by molar-refractivity contribution is -0.0732. The summed E-state index contributed by atoms with van der Waals surface area (Å²) in [4.78, 5) is 12.1. The summed E-state index contributed by atoms with van der Waals surface area (Å²) < 4.78 is 19.3. The summed E-state index contributed by atoms with van der Waals surface area (Å²) >= 11 is 0. The highest BCUT2D eigenvalue weighted by Gasteiger charge is 2.58. The molecule has 0 spiro atoms. The topological polar surface area (TPSA) is 112 Å². The van der Waals surface area contributed by atoms with Gasteiger partial charge in [-0.15, -0.1) is 0 Å². The van der Waals surface area contributed by atoms with E-state index in [9.17, 15) is 10.4 Å². The van der Waals surface area contributed by atoms with Gasteiger partial charge in [-0.05, 0) is 31.0 Å². The maximum Gasteiger partial charge on any atom is 0.138 e. The molecule has 2 bridgehead atoms. The molecular formula is C30H35N7O4. The second-order valence-electron chi connectivity index (χ2n) is 12.3. The van der Waals surface area contributed by atoms with Gasteiger partial charge in [-0.1, -0.05) is 0 Å². The molecular weight excluding hydrogens is 522 g/mol. The van der Waals surface area contributed by atoms with E-state index in [2.05, 4.69) is 38.0 Å². The largest absolute Gasteiger partial charge is 0.491 e. The lowest BCUT2D eigenvalue weighted by Crippen LogP contribution is -2.72. The molecule has 41 heavy (non-hydrogen) atoms.